The van der Waals surface area contributed by atoms with Gasteiger partial charge in [-0.05, 0) is 47.6 Å². The van der Waals surface area contributed by atoms with Crippen molar-refractivity contribution in [3.63, 3.8) is 0 Å². The molecule has 0 spiro atoms. The third kappa shape index (κ3) is 4.93. The lowest BCUT2D eigenvalue weighted by atomic mass is 9.87. The molecule has 150 valence electrons. The van der Waals surface area contributed by atoms with Crippen LogP contribution in [-0.2, 0) is 16.8 Å². The first kappa shape index (κ1) is 20.8. The number of benzene rings is 2. The lowest BCUT2D eigenvalue weighted by Gasteiger charge is -2.37. The molecule has 1 aliphatic rings. The Morgan fingerprint density at radius 2 is 1.71 bits per heavy atom. The number of piperidine rings is 1. The SMILES string of the molecule is CC(C)(C)c1ccc(NC(=O)C2(O)CCN(Cc3ccccc3Cl)CC2)cc1. The topological polar surface area (TPSA) is 52.6 Å². The number of carbonyl (C=O) groups excluding carboxylic acids is 1. The van der Waals surface area contributed by atoms with Gasteiger partial charge < -0.3 is 10.4 Å². The molecule has 1 fully saturated rings. The van der Waals surface area contributed by atoms with E-state index in [0.717, 1.165) is 17.1 Å². The van der Waals surface area contributed by atoms with E-state index >= 15 is 0 Å². The molecule has 28 heavy (non-hydrogen) atoms. The fraction of sp³-hybridized carbons (Fsp3) is 0.435. The molecule has 0 unspecified atom stereocenters. The van der Waals surface area contributed by atoms with Crippen molar-refractivity contribution in [3.8, 4) is 0 Å². The second kappa shape index (κ2) is 8.24. The molecule has 1 heterocycles. The van der Waals surface area contributed by atoms with Crippen molar-refractivity contribution < 1.29 is 9.90 Å². The molecule has 0 saturated carbocycles. The normalized spacial score (nSPS) is 17.3. The molecule has 1 aliphatic heterocycles. The Labute approximate surface area is 172 Å². The Morgan fingerprint density at radius 3 is 2.29 bits per heavy atom. The molecule has 3 rings (SSSR count). The minimum atomic E-state index is -1.33. The Morgan fingerprint density at radius 1 is 1.11 bits per heavy atom. The number of anilines is 1. The van der Waals surface area contributed by atoms with Crippen LogP contribution in [0.15, 0.2) is 48.5 Å². The average molecular weight is 401 g/mol. The molecule has 2 N–H and O–H groups in total. The summed E-state index contributed by atoms with van der Waals surface area (Å²) < 4.78 is 0. The van der Waals surface area contributed by atoms with Gasteiger partial charge >= 0.3 is 0 Å². The van der Waals surface area contributed by atoms with Crippen molar-refractivity contribution in [1.82, 2.24) is 4.90 Å². The highest BCUT2D eigenvalue weighted by molar-refractivity contribution is 6.31. The summed E-state index contributed by atoms with van der Waals surface area (Å²) in [5.41, 5.74) is 1.72. The van der Waals surface area contributed by atoms with Crippen molar-refractivity contribution in [1.29, 1.82) is 0 Å². The number of carbonyl (C=O) groups is 1. The molecule has 0 aromatic heterocycles. The fourth-order valence-electron chi connectivity index (χ4n) is 3.48. The monoisotopic (exact) mass is 400 g/mol. The number of hydrogen-bond acceptors (Lipinski definition) is 3. The fourth-order valence-corrected chi connectivity index (χ4v) is 3.67. The first-order valence-electron chi connectivity index (χ1n) is 9.77. The van der Waals surface area contributed by atoms with Gasteiger partial charge in [-0.25, -0.2) is 0 Å². The van der Waals surface area contributed by atoms with Gasteiger partial charge in [0.25, 0.3) is 5.91 Å². The van der Waals surface area contributed by atoms with Gasteiger partial charge in [0.15, 0.2) is 0 Å². The summed E-state index contributed by atoms with van der Waals surface area (Å²) in [5.74, 6) is -0.326. The molecule has 2 aromatic rings. The molecule has 1 amide bonds. The number of aliphatic hydroxyl groups is 1. The van der Waals surface area contributed by atoms with Gasteiger partial charge in [-0.3, -0.25) is 9.69 Å². The summed E-state index contributed by atoms with van der Waals surface area (Å²) >= 11 is 6.24. The highest BCUT2D eigenvalue weighted by atomic mass is 35.5. The van der Waals surface area contributed by atoms with E-state index in [1.165, 1.54) is 5.56 Å². The van der Waals surface area contributed by atoms with Crippen LogP contribution in [-0.4, -0.2) is 34.6 Å². The quantitative estimate of drug-likeness (QED) is 0.788. The molecule has 0 bridgehead atoms. The molecule has 0 aliphatic carbocycles. The zero-order valence-electron chi connectivity index (χ0n) is 16.8. The standard InChI is InChI=1S/C23H29ClN2O2/c1-22(2,3)18-8-10-19(11-9-18)25-21(27)23(28)12-14-26(15-13-23)16-17-6-4-5-7-20(17)24/h4-11,28H,12-16H2,1-3H3,(H,25,27). The summed E-state index contributed by atoms with van der Waals surface area (Å²) in [6.45, 7) is 8.49. The first-order chi connectivity index (χ1) is 13.2. The Hall–Kier alpha value is -1.88. The highest BCUT2D eigenvalue weighted by Gasteiger charge is 2.39. The van der Waals surface area contributed by atoms with E-state index in [2.05, 4.69) is 31.0 Å². The number of nitrogens with zero attached hydrogens (tertiary/aromatic N) is 1. The van der Waals surface area contributed by atoms with Crippen molar-refractivity contribution >= 4 is 23.2 Å². The zero-order valence-corrected chi connectivity index (χ0v) is 17.6. The number of amides is 1. The van der Waals surface area contributed by atoms with Crippen LogP contribution in [0.1, 0.15) is 44.7 Å². The third-order valence-electron chi connectivity index (χ3n) is 5.47. The Balaban J connectivity index is 1.57. The van der Waals surface area contributed by atoms with Gasteiger partial charge in [0.1, 0.15) is 5.60 Å². The number of rotatable bonds is 4. The second-order valence-electron chi connectivity index (χ2n) is 8.68. The van der Waals surface area contributed by atoms with Crippen molar-refractivity contribution in [2.75, 3.05) is 18.4 Å². The molecular weight excluding hydrogens is 372 g/mol. The van der Waals surface area contributed by atoms with E-state index in [0.29, 0.717) is 31.6 Å². The second-order valence-corrected chi connectivity index (χ2v) is 9.09. The number of halogens is 1. The van der Waals surface area contributed by atoms with Crippen LogP contribution in [0.2, 0.25) is 5.02 Å². The summed E-state index contributed by atoms with van der Waals surface area (Å²) in [4.78, 5) is 14.9. The van der Waals surface area contributed by atoms with Gasteiger partial charge in [0, 0.05) is 30.3 Å². The largest absolute Gasteiger partial charge is 0.380 e. The minimum Gasteiger partial charge on any atom is -0.380 e. The van der Waals surface area contributed by atoms with E-state index in [9.17, 15) is 9.90 Å². The van der Waals surface area contributed by atoms with E-state index in [1.54, 1.807) is 0 Å². The molecule has 5 heteroatoms. The average Bonchev–Trinajstić information content (AvgIpc) is 2.65. The highest BCUT2D eigenvalue weighted by Crippen LogP contribution is 2.28. The van der Waals surface area contributed by atoms with Gasteiger partial charge in [-0.1, -0.05) is 62.7 Å². The summed E-state index contributed by atoms with van der Waals surface area (Å²) in [6, 6.07) is 15.6. The van der Waals surface area contributed by atoms with Gasteiger partial charge in [0.05, 0.1) is 0 Å². The predicted octanol–water partition coefficient (Wildman–Crippen LogP) is 4.60. The molecule has 2 aromatic carbocycles. The maximum absolute atomic E-state index is 12.7. The number of hydrogen-bond donors (Lipinski definition) is 2. The zero-order chi connectivity index (χ0) is 20.4. The smallest absolute Gasteiger partial charge is 0.256 e. The Kier molecular flexibility index (Phi) is 6.13. The van der Waals surface area contributed by atoms with E-state index < -0.39 is 5.60 Å². The van der Waals surface area contributed by atoms with Crippen LogP contribution in [0.5, 0.6) is 0 Å². The van der Waals surface area contributed by atoms with Gasteiger partial charge in [-0.15, -0.1) is 0 Å². The maximum Gasteiger partial charge on any atom is 0.256 e. The van der Waals surface area contributed by atoms with Crippen LogP contribution in [0, 0.1) is 0 Å². The Bertz CT molecular complexity index is 819. The van der Waals surface area contributed by atoms with Crippen molar-refractivity contribution in [2.24, 2.45) is 0 Å². The predicted molar refractivity (Wildman–Crippen MR) is 115 cm³/mol. The van der Waals surface area contributed by atoms with E-state index in [4.69, 9.17) is 11.6 Å². The molecule has 4 nitrogen and oxygen atoms in total. The van der Waals surface area contributed by atoms with Crippen molar-refractivity contribution in [3.05, 3.63) is 64.7 Å². The summed E-state index contributed by atoms with van der Waals surface area (Å²) in [7, 11) is 0. The van der Waals surface area contributed by atoms with Crippen LogP contribution in [0.3, 0.4) is 0 Å². The molecular formula is C23H29ClN2O2. The summed E-state index contributed by atoms with van der Waals surface area (Å²) in [5, 5.41) is 14.5. The summed E-state index contributed by atoms with van der Waals surface area (Å²) in [6.07, 6.45) is 0.812. The minimum absolute atomic E-state index is 0.0647. The third-order valence-corrected chi connectivity index (χ3v) is 5.84. The van der Waals surface area contributed by atoms with Gasteiger partial charge in [0.2, 0.25) is 0 Å². The molecule has 0 radical (unpaired) electrons. The van der Waals surface area contributed by atoms with Crippen LogP contribution >= 0.6 is 11.6 Å². The number of likely N-dealkylation sites (tertiary alicyclic amines) is 1. The van der Waals surface area contributed by atoms with E-state index in [-0.39, 0.29) is 11.3 Å². The first-order valence-corrected chi connectivity index (χ1v) is 10.2. The van der Waals surface area contributed by atoms with Crippen molar-refractivity contribution in [2.45, 2.75) is 51.2 Å². The van der Waals surface area contributed by atoms with E-state index in [1.807, 2.05) is 48.5 Å². The van der Waals surface area contributed by atoms with Crippen LogP contribution in [0.25, 0.3) is 0 Å². The van der Waals surface area contributed by atoms with Crippen LogP contribution in [0.4, 0.5) is 5.69 Å². The van der Waals surface area contributed by atoms with Crippen LogP contribution < -0.4 is 5.32 Å². The maximum atomic E-state index is 12.7. The molecule has 0 atom stereocenters. The molecule has 1 saturated heterocycles. The van der Waals surface area contributed by atoms with Gasteiger partial charge in [-0.2, -0.15) is 0 Å². The number of nitrogens with one attached hydrogen (secondary N) is 1. The lowest BCUT2D eigenvalue weighted by molar-refractivity contribution is -0.139. The lowest BCUT2D eigenvalue weighted by Crippen LogP contribution is -2.51.